The number of nitrogens with one attached hydrogen (secondary N) is 1. The van der Waals surface area contributed by atoms with Gasteiger partial charge < -0.3 is 19.6 Å². The second kappa shape index (κ2) is 6.18. The van der Waals surface area contributed by atoms with Gasteiger partial charge in [0.1, 0.15) is 0 Å². The number of para-hydroxylation sites is 2. The zero-order chi connectivity index (χ0) is 14.7. The third kappa shape index (κ3) is 3.03. The van der Waals surface area contributed by atoms with Crippen molar-refractivity contribution in [3.05, 3.63) is 41.8 Å². The first kappa shape index (κ1) is 13.9. The number of anilines is 2. The number of benzene rings is 1. The molecule has 0 saturated heterocycles. The molecular weight excluding hydrogens is 264 g/mol. The summed E-state index contributed by atoms with van der Waals surface area (Å²) in [6.45, 7) is 6.58. The van der Waals surface area contributed by atoms with Crippen molar-refractivity contribution in [3.8, 4) is 0 Å². The van der Waals surface area contributed by atoms with Gasteiger partial charge in [-0.15, -0.1) is 0 Å². The topological polar surface area (TPSA) is 44.5 Å². The van der Waals surface area contributed by atoms with Gasteiger partial charge in [-0.25, -0.2) is 0 Å². The van der Waals surface area contributed by atoms with Crippen LogP contribution >= 0.6 is 0 Å². The first-order valence-electron chi connectivity index (χ1n) is 7.48. The maximum Gasteiger partial charge on any atom is 0.156 e. The lowest BCUT2D eigenvalue weighted by atomic mass is 10.1. The summed E-state index contributed by atoms with van der Waals surface area (Å²) < 4.78 is 5.46. The van der Waals surface area contributed by atoms with Crippen molar-refractivity contribution in [3.63, 3.8) is 0 Å². The van der Waals surface area contributed by atoms with Gasteiger partial charge in [-0.05, 0) is 18.7 Å². The van der Waals surface area contributed by atoms with E-state index in [2.05, 4.69) is 58.5 Å². The van der Waals surface area contributed by atoms with E-state index in [1.54, 1.807) is 0 Å². The van der Waals surface area contributed by atoms with E-state index >= 15 is 0 Å². The molecule has 0 amide bonds. The van der Waals surface area contributed by atoms with Gasteiger partial charge in [0, 0.05) is 32.7 Å². The summed E-state index contributed by atoms with van der Waals surface area (Å²) in [5.41, 5.74) is 3.50. The zero-order valence-corrected chi connectivity index (χ0v) is 12.7. The number of rotatable bonds is 5. The predicted octanol–water partition coefficient (Wildman–Crippen LogP) is 2.24. The van der Waals surface area contributed by atoms with Crippen molar-refractivity contribution < 1.29 is 4.52 Å². The minimum absolute atomic E-state index is 0.763. The number of likely N-dealkylation sites (N-methyl/N-ethyl adjacent to an activating group) is 1. The Bertz CT molecular complexity index is 595. The molecule has 0 radical (unpaired) electrons. The summed E-state index contributed by atoms with van der Waals surface area (Å²) in [5.74, 6) is 0.919. The normalized spacial score (nSPS) is 14.4. The molecule has 0 aliphatic carbocycles. The van der Waals surface area contributed by atoms with E-state index < -0.39 is 0 Å². The summed E-state index contributed by atoms with van der Waals surface area (Å²) in [6.07, 6.45) is 0. The Morgan fingerprint density at radius 2 is 2.05 bits per heavy atom. The minimum atomic E-state index is 0.763. The monoisotopic (exact) mass is 286 g/mol. The van der Waals surface area contributed by atoms with Crippen molar-refractivity contribution in [1.82, 2.24) is 10.5 Å². The van der Waals surface area contributed by atoms with Gasteiger partial charge in [-0.2, -0.15) is 0 Å². The molecule has 2 heterocycles. The Hall–Kier alpha value is -2.01. The molecule has 0 saturated carbocycles. The highest BCUT2D eigenvalue weighted by molar-refractivity contribution is 5.72. The van der Waals surface area contributed by atoms with Crippen molar-refractivity contribution in [2.24, 2.45) is 0 Å². The fourth-order valence-corrected chi connectivity index (χ4v) is 2.68. The third-order valence-electron chi connectivity index (χ3n) is 3.85. The van der Waals surface area contributed by atoms with Gasteiger partial charge in [0.05, 0.1) is 23.6 Å². The fraction of sp³-hybridized carbons (Fsp3) is 0.438. The highest BCUT2D eigenvalue weighted by atomic mass is 16.5. The van der Waals surface area contributed by atoms with Gasteiger partial charge >= 0.3 is 0 Å². The first-order valence-corrected chi connectivity index (χ1v) is 7.48. The van der Waals surface area contributed by atoms with E-state index in [1.807, 2.05) is 6.07 Å². The number of hydrogen-bond donors (Lipinski definition) is 1. The van der Waals surface area contributed by atoms with E-state index in [-0.39, 0.29) is 0 Å². The molecule has 21 heavy (non-hydrogen) atoms. The minimum Gasteiger partial charge on any atom is -0.371 e. The Kier molecular flexibility index (Phi) is 4.10. The van der Waals surface area contributed by atoms with Crippen LogP contribution in [0.5, 0.6) is 0 Å². The molecule has 1 aromatic carbocycles. The van der Waals surface area contributed by atoms with Crippen LogP contribution in [0.2, 0.25) is 0 Å². The smallest absolute Gasteiger partial charge is 0.156 e. The summed E-state index contributed by atoms with van der Waals surface area (Å²) in [7, 11) is 2.14. The number of nitrogens with zero attached hydrogens (tertiary/aromatic N) is 3. The number of fused-ring (bicyclic) bond motifs is 1. The largest absolute Gasteiger partial charge is 0.371 e. The molecule has 0 unspecified atom stereocenters. The molecule has 5 nitrogen and oxygen atoms in total. The average molecular weight is 286 g/mol. The van der Waals surface area contributed by atoms with Crippen LogP contribution in [-0.4, -0.2) is 31.8 Å². The van der Waals surface area contributed by atoms with Crippen LogP contribution in [0.15, 0.2) is 34.9 Å². The molecule has 112 valence electrons. The van der Waals surface area contributed by atoms with Crippen LogP contribution in [-0.2, 0) is 13.1 Å². The summed E-state index contributed by atoms with van der Waals surface area (Å²) in [5, 5.41) is 7.38. The van der Waals surface area contributed by atoms with Crippen LogP contribution in [0.25, 0.3) is 0 Å². The molecular formula is C16H22N4O. The second-order valence-electron chi connectivity index (χ2n) is 5.40. The van der Waals surface area contributed by atoms with E-state index in [1.165, 1.54) is 11.4 Å². The van der Waals surface area contributed by atoms with E-state index in [0.29, 0.717) is 0 Å². The Morgan fingerprint density at radius 1 is 1.24 bits per heavy atom. The van der Waals surface area contributed by atoms with Gasteiger partial charge in [-0.3, -0.25) is 0 Å². The van der Waals surface area contributed by atoms with E-state index in [4.69, 9.17) is 4.52 Å². The van der Waals surface area contributed by atoms with Crippen molar-refractivity contribution >= 4 is 11.4 Å². The summed E-state index contributed by atoms with van der Waals surface area (Å²) in [6, 6.07) is 10.5. The van der Waals surface area contributed by atoms with Crippen molar-refractivity contribution in [2.45, 2.75) is 20.0 Å². The first-order chi connectivity index (χ1) is 10.3. The average Bonchev–Trinajstić information content (AvgIpc) is 2.96. The molecule has 3 rings (SSSR count). The van der Waals surface area contributed by atoms with Gasteiger partial charge in [0.25, 0.3) is 0 Å². The highest BCUT2D eigenvalue weighted by Gasteiger charge is 2.21. The lowest BCUT2D eigenvalue weighted by Gasteiger charge is -2.36. The van der Waals surface area contributed by atoms with Crippen LogP contribution < -0.4 is 15.1 Å². The Labute approximate surface area is 125 Å². The molecule has 1 N–H and O–H groups in total. The van der Waals surface area contributed by atoms with Crippen LogP contribution in [0.4, 0.5) is 11.4 Å². The molecule has 5 heteroatoms. The number of hydrogen-bond acceptors (Lipinski definition) is 5. The fourth-order valence-electron chi connectivity index (χ4n) is 2.68. The predicted molar refractivity (Wildman–Crippen MR) is 84.6 cm³/mol. The molecule has 1 aliphatic rings. The van der Waals surface area contributed by atoms with Gasteiger partial charge in [0.2, 0.25) is 0 Å². The molecule has 2 aromatic rings. The quantitative estimate of drug-likeness (QED) is 0.913. The van der Waals surface area contributed by atoms with Crippen LogP contribution in [0, 0.1) is 0 Å². The van der Waals surface area contributed by atoms with Crippen molar-refractivity contribution in [1.29, 1.82) is 0 Å². The lowest BCUT2D eigenvalue weighted by molar-refractivity contribution is 0.373. The maximum absolute atomic E-state index is 5.46. The standard InChI is InChI=1S/C16H22N4O/c1-3-17-11-13-10-14(21-18-13)12-20-9-8-19(2)15-6-4-5-7-16(15)20/h4-7,10,17H,3,8-9,11-12H2,1-2H3. The van der Waals surface area contributed by atoms with Gasteiger partial charge in [-0.1, -0.05) is 24.2 Å². The third-order valence-corrected chi connectivity index (χ3v) is 3.85. The SMILES string of the molecule is CCNCc1cc(CN2CCN(C)c3ccccc32)on1. The molecule has 0 spiro atoms. The molecule has 0 fully saturated rings. The number of aromatic nitrogens is 1. The Balaban J connectivity index is 1.73. The Morgan fingerprint density at radius 3 is 2.86 bits per heavy atom. The van der Waals surface area contributed by atoms with Crippen LogP contribution in [0.3, 0.4) is 0 Å². The van der Waals surface area contributed by atoms with E-state index in [9.17, 15) is 0 Å². The lowest BCUT2D eigenvalue weighted by Crippen LogP contribution is -2.38. The van der Waals surface area contributed by atoms with Crippen molar-refractivity contribution in [2.75, 3.05) is 36.5 Å². The zero-order valence-electron chi connectivity index (χ0n) is 12.7. The molecule has 1 aliphatic heterocycles. The second-order valence-corrected chi connectivity index (χ2v) is 5.40. The maximum atomic E-state index is 5.46. The van der Waals surface area contributed by atoms with E-state index in [0.717, 1.165) is 44.2 Å². The summed E-state index contributed by atoms with van der Waals surface area (Å²) in [4.78, 5) is 4.65. The van der Waals surface area contributed by atoms with Gasteiger partial charge in [0.15, 0.2) is 5.76 Å². The van der Waals surface area contributed by atoms with Crippen LogP contribution in [0.1, 0.15) is 18.4 Å². The molecule has 1 aromatic heterocycles. The highest BCUT2D eigenvalue weighted by Crippen LogP contribution is 2.32. The molecule has 0 atom stereocenters. The molecule has 0 bridgehead atoms. The summed E-state index contributed by atoms with van der Waals surface area (Å²) >= 11 is 0.